The maximum absolute atomic E-state index is 13.3. The molecule has 1 aliphatic rings. The summed E-state index contributed by atoms with van der Waals surface area (Å²) < 4.78 is 24.6. The molecule has 1 aliphatic heterocycles. The molecule has 0 fully saturated rings. The van der Waals surface area contributed by atoms with Gasteiger partial charge in [0, 0.05) is 25.1 Å². The summed E-state index contributed by atoms with van der Waals surface area (Å²) in [5, 5.41) is 0. The molecule has 21 heavy (non-hydrogen) atoms. The SMILES string of the molecule is COCc1ccccc1C1C[C@H](N)c2cc(F)ccc2O1. The van der Waals surface area contributed by atoms with E-state index in [4.69, 9.17) is 15.2 Å². The zero-order chi connectivity index (χ0) is 14.8. The van der Waals surface area contributed by atoms with Crippen LogP contribution in [0.3, 0.4) is 0 Å². The van der Waals surface area contributed by atoms with E-state index in [1.807, 2.05) is 24.3 Å². The molecule has 0 aromatic heterocycles. The first-order valence-corrected chi connectivity index (χ1v) is 6.97. The van der Waals surface area contributed by atoms with Crippen LogP contribution >= 0.6 is 0 Å². The molecule has 2 aromatic carbocycles. The second kappa shape index (κ2) is 5.84. The number of rotatable bonds is 3. The van der Waals surface area contributed by atoms with Crippen LogP contribution in [0.2, 0.25) is 0 Å². The van der Waals surface area contributed by atoms with Crippen molar-refractivity contribution in [1.82, 2.24) is 0 Å². The average Bonchev–Trinajstić information content (AvgIpc) is 2.49. The van der Waals surface area contributed by atoms with Gasteiger partial charge >= 0.3 is 0 Å². The lowest BCUT2D eigenvalue weighted by atomic mass is 9.91. The highest BCUT2D eigenvalue weighted by atomic mass is 19.1. The summed E-state index contributed by atoms with van der Waals surface area (Å²) in [7, 11) is 1.67. The minimum Gasteiger partial charge on any atom is -0.485 e. The predicted octanol–water partition coefficient (Wildman–Crippen LogP) is 3.50. The van der Waals surface area contributed by atoms with Crippen molar-refractivity contribution in [3.05, 3.63) is 65.0 Å². The molecule has 2 N–H and O–H groups in total. The van der Waals surface area contributed by atoms with Crippen LogP contribution in [0.25, 0.3) is 0 Å². The third-order valence-electron chi connectivity index (χ3n) is 3.81. The van der Waals surface area contributed by atoms with E-state index in [9.17, 15) is 4.39 Å². The molecule has 2 atom stereocenters. The van der Waals surface area contributed by atoms with Gasteiger partial charge in [0.25, 0.3) is 0 Å². The van der Waals surface area contributed by atoms with Crippen molar-refractivity contribution in [1.29, 1.82) is 0 Å². The van der Waals surface area contributed by atoms with E-state index in [2.05, 4.69) is 0 Å². The van der Waals surface area contributed by atoms with Crippen LogP contribution in [0.4, 0.5) is 4.39 Å². The summed E-state index contributed by atoms with van der Waals surface area (Å²) >= 11 is 0. The fraction of sp³-hybridized carbons (Fsp3) is 0.294. The molecule has 0 amide bonds. The van der Waals surface area contributed by atoms with Crippen molar-refractivity contribution >= 4 is 0 Å². The van der Waals surface area contributed by atoms with Gasteiger partial charge in [-0.3, -0.25) is 0 Å². The Bertz CT molecular complexity index is 644. The molecule has 3 rings (SSSR count). The van der Waals surface area contributed by atoms with Gasteiger partial charge in [-0.2, -0.15) is 0 Å². The second-order valence-corrected chi connectivity index (χ2v) is 5.26. The molecule has 1 unspecified atom stereocenters. The van der Waals surface area contributed by atoms with Crippen molar-refractivity contribution in [3.8, 4) is 5.75 Å². The van der Waals surface area contributed by atoms with Crippen LogP contribution < -0.4 is 10.5 Å². The zero-order valence-corrected chi connectivity index (χ0v) is 11.9. The first kappa shape index (κ1) is 14.0. The predicted molar refractivity (Wildman–Crippen MR) is 78.5 cm³/mol. The van der Waals surface area contributed by atoms with Crippen LogP contribution in [-0.4, -0.2) is 7.11 Å². The number of fused-ring (bicyclic) bond motifs is 1. The van der Waals surface area contributed by atoms with E-state index in [1.165, 1.54) is 12.1 Å². The van der Waals surface area contributed by atoms with Gasteiger partial charge in [-0.25, -0.2) is 4.39 Å². The van der Waals surface area contributed by atoms with Gasteiger partial charge in [-0.1, -0.05) is 24.3 Å². The minimum absolute atomic E-state index is 0.135. The molecule has 4 heteroatoms. The number of hydrogen-bond acceptors (Lipinski definition) is 3. The standard InChI is InChI=1S/C17H18FNO2/c1-20-10-11-4-2-3-5-13(11)17-9-15(19)14-8-12(18)6-7-16(14)21-17/h2-8,15,17H,9-10,19H2,1H3/t15-,17?/m0/s1. The molecule has 0 radical (unpaired) electrons. The van der Waals surface area contributed by atoms with Crippen molar-refractivity contribution in [2.45, 2.75) is 25.2 Å². The molecule has 110 valence electrons. The Hall–Kier alpha value is -1.91. The normalized spacial score (nSPS) is 20.7. The molecule has 3 nitrogen and oxygen atoms in total. The van der Waals surface area contributed by atoms with Crippen molar-refractivity contribution < 1.29 is 13.9 Å². The van der Waals surface area contributed by atoms with Gasteiger partial charge in [0.2, 0.25) is 0 Å². The van der Waals surface area contributed by atoms with Crippen LogP contribution in [-0.2, 0) is 11.3 Å². The van der Waals surface area contributed by atoms with Crippen LogP contribution in [0, 0.1) is 5.82 Å². The first-order valence-electron chi connectivity index (χ1n) is 6.97. The Morgan fingerprint density at radius 1 is 1.24 bits per heavy atom. The summed E-state index contributed by atoms with van der Waals surface area (Å²) in [5.74, 6) is 0.374. The molecule has 0 spiro atoms. The number of benzene rings is 2. The maximum Gasteiger partial charge on any atom is 0.126 e. The van der Waals surface area contributed by atoms with E-state index >= 15 is 0 Å². The number of hydrogen-bond donors (Lipinski definition) is 1. The second-order valence-electron chi connectivity index (χ2n) is 5.26. The number of halogens is 1. The van der Waals surface area contributed by atoms with Gasteiger partial charge in [-0.15, -0.1) is 0 Å². The fourth-order valence-electron chi connectivity index (χ4n) is 2.80. The Balaban J connectivity index is 1.94. The number of methoxy groups -OCH3 is 1. The molecule has 0 aliphatic carbocycles. The number of ether oxygens (including phenoxy) is 2. The fourth-order valence-corrected chi connectivity index (χ4v) is 2.80. The van der Waals surface area contributed by atoms with Gasteiger partial charge < -0.3 is 15.2 Å². The summed E-state index contributed by atoms with van der Waals surface area (Å²) in [5.41, 5.74) is 9.08. The summed E-state index contributed by atoms with van der Waals surface area (Å²) in [4.78, 5) is 0. The quantitative estimate of drug-likeness (QED) is 0.939. The lowest BCUT2D eigenvalue weighted by Crippen LogP contribution is -2.25. The highest BCUT2D eigenvalue weighted by molar-refractivity contribution is 5.40. The van der Waals surface area contributed by atoms with E-state index in [1.54, 1.807) is 13.2 Å². The molecule has 0 bridgehead atoms. The molecule has 1 heterocycles. The summed E-state index contributed by atoms with van der Waals surface area (Å²) in [6.45, 7) is 0.529. The van der Waals surface area contributed by atoms with Crippen LogP contribution in [0.15, 0.2) is 42.5 Å². The molecule has 0 saturated carbocycles. The van der Waals surface area contributed by atoms with E-state index in [0.29, 0.717) is 18.8 Å². The Morgan fingerprint density at radius 3 is 2.86 bits per heavy atom. The van der Waals surface area contributed by atoms with E-state index in [-0.39, 0.29) is 18.0 Å². The molecule has 0 saturated heterocycles. The van der Waals surface area contributed by atoms with Crippen molar-refractivity contribution in [3.63, 3.8) is 0 Å². The van der Waals surface area contributed by atoms with Crippen molar-refractivity contribution in [2.24, 2.45) is 5.73 Å². The first-order chi connectivity index (χ1) is 10.2. The summed E-state index contributed by atoms with van der Waals surface area (Å²) in [6.07, 6.45) is 0.487. The smallest absolute Gasteiger partial charge is 0.126 e. The minimum atomic E-state index is -0.286. The third kappa shape index (κ3) is 2.77. The topological polar surface area (TPSA) is 44.5 Å². The highest BCUT2D eigenvalue weighted by Gasteiger charge is 2.28. The van der Waals surface area contributed by atoms with E-state index in [0.717, 1.165) is 16.7 Å². The lowest BCUT2D eigenvalue weighted by molar-refractivity contribution is 0.151. The Labute approximate surface area is 123 Å². The summed E-state index contributed by atoms with van der Waals surface area (Å²) in [6, 6.07) is 12.3. The third-order valence-corrected chi connectivity index (χ3v) is 3.81. The Morgan fingerprint density at radius 2 is 2.05 bits per heavy atom. The lowest BCUT2D eigenvalue weighted by Gasteiger charge is -2.31. The van der Waals surface area contributed by atoms with Crippen molar-refractivity contribution in [2.75, 3.05) is 7.11 Å². The maximum atomic E-state index is 13.3. The largest absolute Gasteiger partial charge is 0.485 e. The molecular formula is C17H18FNO2. The Kier molecular flexibility index (Phi) is 3.90. The monoisotopic (exact) mass is 287 g/mol. The van der Waals surface area contributed by atoms with Crippen LogP contribution in [0.5, 0.6) is 5.75 Å². The average molecular weight is 287 g/mol. The highest BCUT2D eigenvalue weighted by Crippen LogP contribution is 2.40. The zero-order valence-electron chi connectivity index (χ0n) is 11.9. The number of nitrogens with two attached hydrogens (primary N) is 1. The van der Waals surface area contributed by atoms with Gasteiger partial charge in [-0.05, 0) is 29.3 Å². The molecular weight excluding hydrogens is 269 g/mol. The molecule has 2 aromatic rings. The van der Waals surface area contributed by atoms with Gasteiger partial charge in [0.1, 0.15) is 17.7 Å². The van der Waals surface area contributed by atoms with Gasteiger partial charge in [0.15, 0.2) is 0 Å². The van der Waals surface area contributed by atoms with E-state index < -0.39 is 0 Å². The van der Waals surface area contributed by atoms with Crippen LogP contribution in [0.1, 0.15) is 35.3 Å². The van der Waals surface area contributed by atoms with Gasteiger partial charge in [0.05, 0.1) is 6.61 Å².